The molecule has 0 N–H and O–H groups in total. The van der Waals surface area contributed by atoms with Gasteiger partial charge in [0, 0.05) is 25.9 Å². The van der Waals surface area contributed by atoms with Crippen LogP contribution in [0.2, 0.25) is 0 Å². The first kappa shape index (κ1) is 13.8. The summed E-state index contributed by atoms with van der Waals surface area (Å²) in [5.74, 6) is 1.20. The summed E-state index contributed by atoms with van der Waals surface area (Å²) in [6.45, 7) is 8.11. The number of nitrogens with zero attached hydrogens (tertiary/aromatic N) is 3. The third-order valence-electron chi connectivity index (χ3n) is 2.99. The fraction of sp³-hybridized carbons (Fsp3) is 0.769. The van der Waals surface area contributed by atoms with Crippen LogP contribution in [0.25, 0.3) is 0 Å². The van der Waals surface area contributed by atoms with Gasteiger partial charge in [-0.25, -0.2) is 4.79 Å². The Hall–Kier alpha value is -1.59. The maximum atomic E-state index is 12.1. The first-order valence-electron chi connectivity index (χ1n) is 6.64. The lowest BCUT2D eigenvalue weighted by Gasteiger charge is -2.28. The molecule has 1 amide bonds. The van der Waals surface area contributed by atoms with E-state index in [2.05, 4.69) is 10.1 Å². The summed E-state index contributed by atoms with van der Waals surface area (Å²) in [5.41, 5.74) is -0.465. The summed E-state index contributed by atoms with van der Waals surface area (Å²) in [6.07, 6.45) is 2.31. The standard InChI is InChI=1S/C13H21N3O3/c1-9-14-11(15-19-9)8-10-6-5-7-16(10)12(17)18-13(2,3)4/h10H,5-8H2,1-4H3/t10-/m0/s1. The molecule has 0 saturated carbocycles. The molecule has 2 rings (SSSR count). The van der Waals surface area contributed by atoms with Gasteiger partial charge in [-0.3, -0.25) is 0 Å². The van der Waals surface area contributed by atoms with Gasteiger partial charge in [0.2, 0.25) is 5.89 Å². The molecule has 1 saturated heterocycles. The lowest BCUT2D eigenvalue weighted by molar-refractivity contribution is 0.0225. The molecule has 1 aromatic heterocycles. The van der Waals surface area contributed by atoms with Gasteiger partial charge in [0.05, 0.1) is 0 Å². The molecule has 0 aromatic carbocycles. The van der Waals surface area contributed by atoms with E-state index in [0.29, 0.717) is 18.1 Å². The smallest absolute Gasteiger partial charge is 0.410 e. The second kappa shape index (κ2) is 5.19. The summed E-state index contributed by atoms with van der Waals surface area (Å²) < 4.78 is 10.4. The average molecular weight is 267 g/mol. The van der Waals surface area contributed by atoms with E-state index in [-0.39, 0.29) is 12.1 Å². The monoisotopic (exact) mass is 267 g/mol. The van der Waals surface area contributed by atoms with Gasteiger partial charge in [0.25, 0.3) is 0 Å². The van der Waals surface area contributed by atoms with Crippen LogP contribution >= 0.6 is 0 Å². The SMILES string of the molecule is Cc1nc(C[C@@H]2CCCN2C(=O)OC(C)(C)C)no1. The quantitative estimate of drug-likeness (QED) is 0.822. The van der Waals surface area contributed by atoms with E-state index in [1.165, 1.54) is 0 Å². The molecule has 106 valence electrons. The molecule has 0 unspecified atom stereocenters. The molecule has 1 aliphatic heterocycles. The number of carbonyl (C=O) groups is 1. The second-order valence-electron chi connectivity index (χ2n) is 5.90. The maximum Gasteiger partial charge on any atom is 0.410 e. The molecule has 0 bridgehead atoms. The zero-order valence-corrected chi connectivity index (χ0v) is 12.0. The Labute approximate surface area is 113 Å². The van der Waals surface area contributed by atoms with Crippen molar-refractivity contribution >= 4 is 6.09 Å². The van der Waals surface area contributed by atoms with Gasteiger partial charge in [0.1, 0.15) is 5.60 Å². The molecule has 2 heterocycles. The van der Waals surface area contributed by atoms with Crippen molar-refractivity contribution in [3.05, 3.63) is 11.7 Å². The maximum absolute atomic E-state index is 12.1. The molecule has 6 nitrogen and oxygen atoms in total. The van der Waals surface area contributed by atoms with E-state index in [1.807, 2.05) is 20.8 Å². The van der Waals surface area contributed by atoms with Crippen molar-refractivity contribution in [2.75, 3.05) is 6.54 Å². The van der Waals surface area contributed by atoms with Gasteiger partial charge in [-0.2, -0.15) is 4.98 Å². The highest BCUT2D eigenvalue weighted by Crippen LogP contribution is 2.23. The first-order chi connectivity index (χ1) is 8.85. The molecule has 1 atom stereocenters. The Morgan fingerprint density at radius 3 is 2.84 bits per heavy atom. The summed E-state index contributed by atoms with van der Waals surface area (Å²) in [6, 6.07) is 0.104. The van der Waals surface area contributed by atoms with E-state index in [4.69, 9.17) is 9.26 Å². The number of likely N-dealkylation sites (tertiary alicyclic amines) is 1. The lowest BCUT2D eigenvalue weighted by Crippen LogP contribution is -2.40. The minimum atomic E-state index is -0.465. The van der Waals surface area contributed by atoms with Crippen LogP contribution in [0.1, 0.15) is 45.3 Å². The summed E-state index contributed by atoms with van der Waals surface area (Å²) in [4.78, 5) is 18.1. The van der Waals surface area contributed by atoms with Crippen LogP contribution in [0.4, 0.5) is 4.79 Å². The van der Waals surface area contributed by atoms with Crippen LogP contribution < -0.4 is 0 Å². The number of hydrogen-bond acceptors (Lipinski definition) is 5. The fourth-order valence-corrected chi connectivity index (χ4v) is 2.24. The topological polar surface area (TPSA) is 68.5 Å². The van der Waals surface area contributed by atoms with Crippen molar-refractivity contribution in [1.29, 1.82) is 0 Å². The van der Waals surface area contributed by atoms with Gasteiger partial charge >= 0.3 is 6.09 Å². The van der Waals surface area contributed by atoms with E-state index in [9.17, 15) is 4.79 Å². The van der Waals surface area contributed by atoms with Crippen molar-refractivity contribution in [2.24, 2.45) is 0 Å². The van der Waals surface area contributed by atoms with Gasteiger partial charge in [0.15, 0.2) is 5.82 Å². The van der Waals surface area contributed by atoms with Crippen LogP contribution in [0.5, 0.6) is 0 Å². The van der Waals surface area contributed by atoms with Crippen molar-refractivity contribution < 1.29 is 14.1 Å². The lowest BCUT2D eigenvalue weighted by atomic mass is 10.1. The third kappa shape index (κ3) is 3.68. The predicted octanol–water partition coefficient (Wildman–Crippen LogP) is 2.32. The van der Waals surface area contributed by atoms with Crippen molar-refractivity contribution in [2.45, 2.75) is 58.6 Å². The Bertz CT molecular complexity index is 450. The predicted molar refractivity (Wildman–Crippen MR) is 68.7 cm³/mol. The number of hydrogen-bond donors (Lipinski definition) is 0. The van der Waals surface area contributed by atoms with Crippen LogP contribution in [-0.4, -0.2) is 39.3 Å². The number of ether oxygens (including phenoxy) is 1. The van der Waals surface area contributed by atoms with Crippen LogP contribution in [0, 0.1) is 6.92 Å². The molecular formula is C13H21N3O3. The molecule has 0 spiro atoms. The second-order valence-corrected chi connectivity index (χ2v) is 5.90. The molecule has 1 fully saturated rings. The number of carbonyl (C=O) groups excluding carboxylic acids is 1. The fourth-order valence-electron chi connectivity index (χ4n) is 2.24. The van der Waals surface area contributed by atoms with Crippen molar-refractivity contribution in [3.8, 4) is 0 Å². The third-order valence-corrected chi connectivity index (χ3v) is 2.99. The highest BCUT2D eigenvalue weighted by Gasteiger charge is 2.33. The minimum Gasteiger partial charge on any atom is -0.444 e. The molecule has 6 heteroatoms. The average Bonchev–Trinajstić information content (AvgIpc) is 2.86. The Morgan fingerprint density at radius 1 is 1.53 bits per heavy atom. The summed E-state index contributed by atoms with van der Waals surface area (Å²) in [5, 5.41) is 3.88. The highest BCUT2D eigenvalue weighted by atomic mass is 16.6. The molecular weight excluding hydrogens is 246 g/mol. The van der Waals surface area contributed by atoms with Gasteiger partial charge in [-0.15, -0.1) is 0 Å². The minimum absolute atomic E-state index is 0.104. The number of aromatic nitrogens is 2. The number of aryl methyl sites for hydroxylation is 1. The zero-order chi connectivity index (χ0) is 14.0. The van der Waals surface area contributed by atoms with E-state index in [1.54, 1.807) is 11.8 Å². The van der Waals surface area contributed by atoms with Crippen LogP contribution in [0.3, 0.4) is 0 Å². The number of rotatable bonds is 2. The molecule has 1 aromatic rings. The number of amides is 1. The largest absolute Gasteiger partial charge is 0.444 e. The van der Waals surface area contributed by atoms with Crippen LogP contribution in [-0.2, 0) is 11.2 Å². The van der Waals surface area contributed by atoms with E-state index < -0.39 is 5.60 Å². The van der Waals surface area contributed by atoms with Crippen LogP contribution in [0.15, 0.2) is 4.52 Å². The highest BCUT2D eigenvalue weighted by molar-refractivity contribution is 5.69. The first-order valence-corrected chi connectivity index (χ1v) is 6.64. The Kier molecular flexibility index (Phi) is 3.78. The van der Waals surface area contributed by atoms with Crippen molar-refractivity contribution in [1.82, 2.24) is 15.0 Å². The normalized spacial score (nSPS) is 19.8. The van der Waals surface area contributed by atoms with E-state index in [0.717, 1.165) is 19.4 Å². The molecule has 0 radical (unpaired) electrons. The van der Waals surface area contributed by atoms with Gasteiger partial charge in [-0.05, 0) is 33.6 Å². The summed E-state index contributed by atoms with van der Waals surface area (Å²) in [7, 11) is 0. The molecule has 1 aliphatic rings. The molecule has 0 aliphatic carbocycles. The van der Waals surface area contributed by atoms with Crippen molar-refractivity contribution in [3.63, 3.8) is 0 Å². The summed E-state index contributed by atoms with van der Waals surface area (Å²) >= 11 is 0. The molecule has 19 heavy (non-hydrogen) atoms. The van der Waals surface area contributed by atoms with Gasteiger partial charge < -0.3 is 14.2 Å². The Balaban J connectivity index is 1.98. The van der Waals surface area contributed by atoms with E-state index >= 15 is 0 Å². The Morgan fingerprint density at radius 2 is 2.26 bits per heavy atom. The zero-order valence-electron chi connectivity index (χ0n) is 12.0. The van der Waals surface area contributed by atoms with Gasteiger partial charge in [-0.1, -0.05) is 5.16 Å².